The predicted octanol–water partition coefficient (Wildman–Crippen LogP) is 4.77. The molecule has 0 saturated carbocycles. The van der Waals surface area contributed by atoms with Crippen molar-refractivity contribution in [1.29, 1.82) is 0 Å². The first kappa shape index (κ1) is 15.9. The Balaban J connectivity index is 4.24. The second kappa shape index (κ2) is 7.28. The van der Waals surface area contributed by atoms with Crippen LogP contribution in [0, 0.1) is 0 Å². The van der Waals surface area contributed by atoms with E-state index in [1.54, 1.807) is 0 Å². The van der Waals surface area contributed by atoms with Crippen molar-refractivity contribution in [3.8, 4) is 0 Å². The van der Waals surface area contributed by atoms with Crippen LogP contribution in [0.15, 0.2) is 33.5 Å². The molecule has 16 heavy (non-hydrogen) atoms. The molecule has 1 nitrogen and oxygen atoms in total. The van der Waals surface area contributed by atoms with Crippen molar-refractivity contribution in [3.05, 3.63) is 33.5 Å². The lowest BCUT2D eigenvalue weighted by atomic mass is 9.95. The fraction of sp³-hybridized carbons (Fsp3) is 0.571. The highest BCUT2D eigenvalue weighted by molar-refractivity contribution is 14.1. The van der Waals surface area contributed by atoms with Crippen molar-refractivity contribution >= 4 is 22.6 Å². The van der Waals surface area contributed by atoms with Crippen LogP contribution in [0.5, 0.6) is 0 Å². The smallest absolute Gasteiger partial charge is 0.0667 e. The van der Waals surface area contributed by atoms with Crippen LogP contribution in [-0.4, -0.2) is 10.7 Å². The molecule has 0 spiro atoms. The van der Waals surface area contributed by atoms with E-state index >= 15 is 0 Å². The standard InChI is InChI=1S/C14H23IO/c1-11(2)7-6-8-14(5,16)10-13(15)9-12(3)4/h7,9,16H,3,6,8,10H2,1-2,4-5H3/b13-9-. The first-order valence-corrected chi connectivity index (χ1v) is 6.68. The molecule has 0 fully saturated rings. The summed E-state index contributed by atoms with van der Waals surface area (Å²) in [6.45, 7) is 11.9. The summed E-state index contributed by atoms with van der Waals surface area (Å²) in [5.41, 5.74) is 1.72. The summed E-state index contributed by atoms with van der Waals surface area (Å²) in [4.78, 5) is 0. The number of allylic oxidation sites excluding steroid dienone is 4. The van der Waals surface area contributed by atoms with Crippen LogP contribution in [0.4, 0.5) is 0 Å². The minimum absolute atomic E-state index is 0.617. The zero-order chi connectivity index (χ0) is 12.8. The van der Waals surface area contributed by atoms with E-state index in [1.807, 2.05) is 19.9 Å². The normalized spacial score (nSPS) is 15.5. The maximum atomic E-state index is 10.2. The van der Waals surface area contributed by atoms with Crippen molar-refractivity contribution in [2.24, 2.45) is 0 Å². The van der Waals surface area contributed by atoms with Crippen LogP contribution >= 0.6 is 22.6 Å². The third-order valence-electron chi connectivity index (χ3n) is 2.19. The molecule has 0 aliphatic rings. The molecule has 0 heterocycles. The fourth-order valence-electron chi connectivity index (χ4n) is 1.44. The first-order chi connectivity index (χ1) is 7.23. The van der Waals surface area contributed by atoms with E-state index in [9.17, 15) is 5.11 Å². The minimum atomic E-state index is -0.617. The molecular formula is C14H23IO. The maximum absolute atomic E-state index is 10.2. The van der Waals surface area contributed by atoms with Gasteiger partial charge >= 0.3 is 0 Å². The summed E-state index contributed by atoms with van der Waals surface area (Å²) in [6.07, 6.45) is 6.64. The molecule has 0 amide bonds. The molecule has 0 aliphatic heterocycles. The van der Waals surface area contributed by atoms with Gasteiger partial charge in [-0.25, -0.2) is 0 Å². The van der Waals surface area contributed by atoms with Crippen molar-refractivity contribution in [2.45, 2.75) is 52.6 Å². The van der Waals surface area contributed by atoms with E-state index in [2.05, 4.69) is 49.1 Å². The molecule has 1 unspecified atom stereocenters. The monoisotopic (exact) mass is 334 g/mol. The van der Waals surface area contributed by atoms with Gasteiger partial charge in [-0.1, -0.05) is 29.9 Å². The molecule has 0 saturated heterocycles. The van der Waals surface area contributed by atoms with E-state index < -0.39 is 5.60 Å². The van der Waals surface area contributed by atoms with Gasteiger partial charge in [0.15, 0.2) is 0 Å². The molecule has 0 rings (SSSR count). The molecule has 0 aromatic rings. The van der Waals surface area contributed by atoms with Crippen LogP contribution in [-0.2, 0) is 0 Å². The summed E-state index contributed by atoms with van der Waals surface area (Å²) in [5.74, 6) is 0. The molecule has 2 heteroatoms. The van der Waals surface area contributed by atoms with E-state index in [0.717, 1.165) is 22.0 Å². The molecule has 1 N–H and O–H groups in total. The Morgan fingerprint density at radius 3 is 2.38 bits per heavy atom. The SMILES string of the molecule is C=C(C)/C=C(\I)CC(C)(O)CCC=C(C)C. The van der Waals surface area contributed by atoms with Crippen LogP contribution in [0.1, 0.15) is 47.0 Å². The molecule has 0 aromatic heterocycles. The Kier molecular flexibility index (Phi) is 7.24. The Morgan fingerprint density at radius 1 is 1.38 bits per heavy atom. The quantitative estimate of drug-likeness (QED) is 0.421. The lowest BCUT2D eigenvalue weighted by Gasteiger charge is -2.22. The Hall–Kier alpha value is -0.0900. The fourth-order valence-corrected chi connectivity index (χ4v) is 2.80. The number of aliphatic hydroxyl groups is 1. The summed E-state index contributed by atoms with van der Waals surface area (Å²) >= 11 is 2.27. The van der Waals surface area contributed by atoms with Gasteiger partial charge in [-0.15, -0.1) is 0 Å². The van der Waals surface area contributed by atoms with Gasteiger partial charge in [0.2, 0.25) is 0 Å². The van der Waals surface area contributed by atoms with E-state index in [-0.39, 0.29) is 0 Å². The number of halogens is 1. The minimum Gasteiger partial charge on any atom is -0.390 e. The highest BCUT2D eigenvalue weighted by Crippen LogP contribution is 2.26. The lowest BCUT2D eigenvalue weighted by Crippen LogP contribution is -2.23. The second-order valence-electron chi connectivity index (χ2n) is 4.93. The first-order valence-electron chi connectivity index (χ1n) is 5.60. The summed E-state index contributed by atoms with van der Waals surface area (Å²) in [5, 5.41) is 10.2. The maximum Gasteiger partial charge on any atom is 0.0667 e. The van der Waals surface area contributed by atoms with Crippen molar-refractivity contribution in [2.75, 3.05) is 0 Å². The van der Waals surface area contributed by atoms with Crippen molar-refractivity contribution < 1.29 is 5.11 Å². The molecule has 1 atom stereocenters. The van der Waals surface area contributed by atoms with Gasteiger partial charge in [0.1, 0.15) is 0 Å². The Labute approximate surface area is 113 Å². The molecule has 0 aromatic carbocycles. The van der Waals surface area contributed by atoms with E-state index in [0.29, 0.717) is 6.42 Å². The van der Waals surface area contributed by atoms with Crippen LogP contribution in [0.3, 0.4) is 0 Å². The zero-order valence-corrected chi connectivity index (χ0v) is 13.0. The molecule has 0 aliphatic carbocycles. The van der Waals surface area contributed by atoms with Gasteiger partial charge in [-0.2, -0.15) is 0 Å². The van der Waals surface area contributed by atoms with Crippen molar-refractivity contribution in [3.63, 3.8) is 0 Å². The van der Waals surface area contributed by atoms with Gasteiger partial charge in [0, 0.05) is 6.42 Å². The largest absolute Gasteiger partial charge is 0.390 e. The van der Waals surface area contributed by atoms with Crippen LogP contribution in [0.2, 0.25) is 0 Å². The van der Waals surface area contributed by atoms with Gasteiger partial charge in [-0.05, 0) is 66.7 Å². The van der Waals surface area contributed by atoms with E-state index in [4.69, 9.17) is 0 Å². The summed E-state index contributed by atoms with van der Waals surface area (Å²) in [6, 6.07) is 0. The average Bonchev–Trinajstić information content (AvgIpc) is 1.98. The van der Waals surface area contributed by atoms with Crippen molar-refractivity contribution in [1.82, 2.24) is 0 Å². The number of rotatable bonds is 6. The van der Waals surface area contributed by atoms with Crippen LogP contribution in [0.25, 0.3) is 0 Å². The lowest BCUT2D eigenvalue weighted by molar-refractivity contribution is 0.0546. The summed E-state index contributed by atoms with van der Waals surface area (Å²) < 4.78 is 1.16. The third-order valence-corrected chi connectivity index (χ3v) is 2.88. The highest BCUT2D eigenvalue weighted by atomic mass is 127. The summed E-state index contributed by atoms with van der Waals surface area (Å²) in [7, 11) is 0. The number of hydrogen-bond acceptors (Lipinski definition) is 1. The van der Waals surface area contributed by atoms with Gasteiger partial charge in [-0.3, -0.25) is 0 Å². The molecular weight excluding hydrogens is 311 g/mol. The topological polar surface area (TPSA) is 20.2 Å². The Bertz CT molecular complexity index is 294. The van der Waals surface area contributed by atoms with Crippen LogP contribution < -0.4 is 0 Å². The highest BCUT2D eigenvalue weighted by Gasteiger charge is 2.20. The van der Waals surface area contributed by atoms with E-state index in [1.165, 1.54) is 5.57 Å². The number of hydrogen-bond donors (Lipinski definition) is 1. The zero-order valence-electron chi connectivity index (χ0n) is 10.8. The predicted molar refractivity (Wildman–Crippen MR) is 80.8 cm³/mol. The van der Waals surface area contributed by atoms with Gasteiger partial charge in [0.25, 0.3) is 0 Å². The third kappa shape index (κ3) is 9.16. The van der Waals surface area contributed by atoms with Gasteiger partial charge < -0.3 is 5.11 Å². The molecule has 92 valence electrons. The average molecular weight is 334 g/mol. The van der Waals surface area contributed by atoms with Gasteiger partial charge in [0.05, 0.1) is 5.60 Å². The second-order valence-corrected chi connectivity index (χ2v) is 6.32. The molecule has 0 radical (unpaired) electrons. The molecule has 0 bridgehead atoms. The Morgan fingerprint density at radius 2 is 1.94 bits per heavy atom.